The van der Waals surface area contributed by atoms with Gasteiger partial charge < -0.3 is 10.1 Å². The first-order valence-corrected chi connectivity index (χ1v) is 12.7. The number of rotatable bonds is 9. The van der Waals surface area contributed by atoms with Crippen molar-refractivity contribution in [2.45, 2.75) is 44.6 Å². The van der Waals surface area contributed by atoms with Crippen LogP contribution in [0.15, 0.2) is 48.5 Å². The van der Waals surface area contributed by atoms with Crippen LogP contribution in [0.2, 0.25) is 0 Å². The van der Waals surface area contributed by atoms with Crippen molar-refractivity contribution >= 4 is 15.9 Å². The summed E-state index contributed by atoms with van der Waals surface area (Å²) < 4.78 is 58.7. The average molecular weight is 481 g/mol. The fraction of sp³-hybridized carbons (Fsp3) is 0.458. The maximum atomic E-state index is 14.5. The highest BCUT2D eigenvalue weighted by atomic mass is 32.2. The zero-order valence-corrected chi connectivity index (χ0v) is 19.7. The van der Waals surface area contributed by atoms with Crippen molar-refractivity contribution in [2.75, 3.05) is 25.7 Å². The maximum absolute atomic E-state index is 14.5. The first-order valence-electron chi connectivity index (χ1n) is 11.1. The summed E-state index contributed by atoms with van der Waals surface area (Å²) in [5.74, 6) is -1.58. The van der Waals surface area contributed by atoms with Crippen LogP contribution in [0.25, 0.3) is 0 Å². The van der Waals surface area contributed by atoms with E-state index in [9.17, 15) is 22.0 Å². The van der Waals surface area contributed by atoms with Gasteiger partial charge in [-0.05, 0) is 43.9 Å². The van der Waals surface area contributed by atoms with Crippen LogP contribution in [0, 0.1) is 5.82 Å². The van der Waals surface area contributed by atoms with Crippen LogP contribution >= 0.6 is 0 Å². The van der Waals surface area contributed by atoms with E-state index in [0.29, 0.717) is 32.4 Å². The van der Waals surface area contributed by atoms with E-state index < -0.39 is 40.1 Å². The van der Waals surface area contributed by atoms with Crippen molar-refractivity contribution in [3.05, 3.63) is 65.5 Å². The molecule has 33 heavy (non-hydrogen) atoms. The van der Waals surface area contributed by atoms with Gasteiger partial charge in [-0.1, -0.05) is 43.3 Å². The molecule has 1 saturated heterocycles. The van der Waals surface area contributed by atoms with Crippen molar-refractivity contribution < 1.29 is 26.7 Å². The summed E-state index contributed by atoms with van der Waals surface area (Å²) >= 11 is 0. The minimum absolute atomic E-state index is 0.0995. The minimum Gasteiger partial charge on any atom is -0.462 e. The molecule has 9 heteroatoms. The Balaban J connectivity index is 1.89. The first-order chi connectivity index (χ1) is 15.7. The summed E-state index contributed by atoms with van der Waals surface area (Å²) in [4.78, 5) is 13.0. The second-order valence-corrected chi connectivity index (χ2v) is 10.4. The molecule has 0 saturated carbocycles. The number of amides is 1. The molecule has 2 aromatic rings. The predicted molar refractivity (Wildman–Crippen MR) is 123 cm³/mol. The molecule has 1 aliphatic heterocycles. The van der Waals surface area contributed by atoms with Crippen LogP contribution in [0.3, 0.4) is 0 Å². The molecule has 2 aromatic carbocycles. The first kappa shape index (κ1) is 25.1. The molecule has 0 aromatic heterocycles. The highest BCUT2D eigenvalue weighted by molar-refractivity contribution is 7.89. The van der Waals surface area contributed by atoms with Gasteiger partial charge >= 0.3 is 0 Å². The van der Waals surface area contributed by atoms with Crippen LogP contribution in [0.1, 0.15) is 49.0 Å². The van der Waals surface area contributed by atoms with E-state index in [0.717, 1.165) is 11.6 Å². The van der Waals surface area contributed by atoms with E-state index in [1.807, 2.05) is 44.2 Å². The third-order valence-corrected chi connectivity index (χ3v) is 8.48. The Morgan fingerprint density at radius 3 is 2.42 bits per heavy atom. The molecule has 1 heterocycles. The molecule has 1 aliphatic rings. The smallest absolute Gasteiger partial charge is 0.258 e. The van der Waals surface area contributed by atoms with Crippen LogP contribution in [0.5, 0.6) is 5.75 Å². The maximum Gasteiger partial charge on any atom is 0.258 e. The summed E-state index contributed by atoms with van der Waals surface area (Å²) in [7, 11) is -3.33. The van der Waals surface area contributed by atoms with Crippen molar-refractivity contribution in [2.24, 2.45) is 0 Å². The van der Waals surface area contributed by atoms with Crippen LogP contribution in [-0.4, -0.2) is 50.4 Å². The zero-order valence-electron chi connectivity index (χ0n) is 18.9. The Hall–Kier alpha value is -2.52. The Labute approximate surface area is 194 Å². The van der Waals surface area contributed by atoms with Gasteiger partial charge in [0.05, 0.1) is 5.75 Å². The monoisotopic (exact) mass is 480 g/mol. The Morgan fingerprint density at radius 1 is 1.15 bits per heavy atom. The molecule has 0 aliphatic carbocycles. The predicted octanol–water partition coefficient (Wildman–Crippen LogP) is 4.02. The van der Waals surface area contributed by atoms with E-state index in [4.69, 9.17) is 4.74 Å². The number of piperidine rings is 1. The highest BCUT2D eigenvalue weighted by Crippen LogP contribution is 2.39. The summed E-state index contributed by atoms with van der Waals surface area (Å²) in [5, 5.41) is 2.87. The van der Waals surface area contributed by atoms with Gasteiger partial charge in [0, 0.05) is 24.5 Å². The lowest BCUT2D eigenvalue weighted by atomic mass is 9.68. The van der Waals surface area contributed by atoms with Gasteiger partial charge in [0.2, 0.25) is 16.9 Å². The number of nitrogens with one attached hydrogen (secondary N) is 1. The molecule has 3 rings (SSSR count). The van der Waals surface area contributed by atoms with E-state index in [1.54, 1.807) is 0 Å². The lowest BCUT2D eigenvalue weighted by Gasteiger charge is -2.45. The zero-order chi connectivity index (χ0) is 24.1. The number of carbonyl (C=O) groups is 1. The van der Waals surface area contributed by atoms with Crippen LogP contribution < -0.4 is 10.1 Å². The van der Waals surface area contributed by atoms with Crippen LogP contribution in [-0.2, 0) is 15.4 Å². The molecule has 0 spiro atoms. The van der Waals surface area contributed by atoms with Crippen molar-refractivity contribution in [1.29, 1.82) is 0 Å². The lowest BCUT2D eigenvalue weighted by Crippen LogP contribution is -2.55. The second-order valence-electron chi connectivity index (χ2n) is 8.30. The molecular formula is C24H30F2N2O4S. The molecule has 1 amide bonds. The molecule has 0 bridgehead atoms. The number of benzene rings is 2. The third-order valence-electron chi connectivity index (χ3n) is 6.41. The Kier molecular flexibility index (Phi) is 8.07. The standard InChI is InChI=1S/C24H30F2N2O4S/c1-3-16-33(30,31)28-14-12-24(13-15-28,19-8-5-4-6-9-19)18(2)27-23(29)22-20(26)10-7-11-21(22)32-17-25/h4-11,18H,3,12-17H2,1-2H3,(H,27,29). The molecule has 1 N–H and O–H groups in total. The number of nitrogens with zero attached hydrogens (tertiary/aromatic N) is 1. The number of halogens is 2. The summed E-state index contributed by atoms with van der Waals surface area (Å²) in [6.07, 6.45) is 1.53. The summed E-state index contributed by atoms with van der Waals surface area (Å²) in [6.45, 7) is 3.13. The van der Waals surface area contributed by atoms with E-state index >= 15 is 0 Å². The lowest BCUT2D eigenvalue weighted by molar-refractivity contribution is 0.0883. The Morgan fingerprint density at radius 2 is 1.82 bits per heavy atom. The van der Waals surface area contributed by atoms with Gasteiger partial charge in [-0.15, -0.1) is 0 Å². The topological polar surface area (TPSA) is 75.7 Å². The van der Waals surface area contributed by atoms with Crippen molar-refractivity contribution in [3.63, 3.8) is 0 Å². The summed E-state index contributed by atoms with van der Waals surface area (Å²) in [6, 6.07) is 13.0. The molecule has 6 nitrogen and oxygen atoms in total. The molecule has 0 radical (unpaired) electrons. The average Bonchev–Trinajstić information content (AvgIpc) is 2.80. The number of hydrogen-bond acceptors (Lipinski definition) is 4. The van der Waals surface area contributed by atoms with E-state index in [2.05, 4.69) is 5.32 Å². The van der Waals surface area contributed by atoms with Crippen molar-refractivity contribution in [3.8, 4) is 5.75 Å². The minimum atomic E-state index is -3.33. The quantitative estimate of drug-likeness (QED) is 0.588. The van der Waals surface area contributed by atoms with Gasteiger partial charge in [0.1, 0.15) is 17.1 Å². The number of carbonyl (C=O) groups excluding carboxylic acids is 1. The van der Waals surface area contributed by atoms with E-state index in [1.165, 1.54) is 16.4 Å². The second kappa shape index (κ2) is 10.6. The van der Waals surface area contributed by atoms with Crippen LogP contribution in [0.4, 0.5) is 8.78 Å². The van der Waals surface area contributed by atoms with Crippen molar-refractivity contribution in [1.82, 2.24) is 9.62 Å². The number of alkyl halides is 1. The SMILES string of the molecule is CCCS(=O)(=O)N1CCC(c2ccccc2)(C(C)NC(=O)c2c(F)cccc2OCF)CC1. The normalized spacial score (nSPS) is 17.3. The van der Waals surface area contributed by atoms with E-state index in [-0.39, 0.29) is 17.1 Å². The van der Waals surface area contributed by atoms with Gasteiger partial charge in [-0.2, -0.15) is 0 Å². The Bertz CT molecular complexity index is 1060. The summed E-state index contributed by atoms with van der Waals surface area (Å²) in [5.41, 5.74) is 0.0638. The number of sulfonamides is 1. The largest absolute Gasteiger partial charge is 0.462 e. The molecule has 1 unspecified atom stereocenters. The number of ether oxygens (including phenoxy) is 1. The molecule has 1 fully saturated rings. The van der Waals surface area contributed by atoms with Gasteiger partial charge in [-0.25, -0.2) is 21.5 Å². The molecule has 180 valence electrons. The molecular weight excluding hydrogens is 450 g/mol. The number of hydrogen-bond donors (Lipinski definition) is 1. The van der Waals surface area contributed by atoms with Gasteiger partial charge in [0.25, 0.3) is 5.91 Å². The highest BCUT2D eigenvalue weighted by Gasteiger charge is 2.43. The molecule has 1 atom stereocenters. The fourth-order valence-electron chi connectivity index (χ4n) is 4.60. The third kappa shape index (κ3) is 5.35. The fourth-order valence-corrected chi connectivity index (χ4v) is 6.12. The van der Waals surface area contributed by atoms with Gasteiger partial charge in [-0.3, -0.25) is 4.79 Å². The van der Waals surface area contributed by atoms with Gasteiger partial charge in [0.15, 0.2) is 0 Å².